The van der Waals surface area contributed by atoms with Crippen molar-refractivity contribution in [2.75, 3.05) is 32.7 Å². The molecule has 0 saturated carbocycles. The van der Waals surface area contributed by atoms with Crippen LogP contribution in [-0.2, 0) is 9.59 Å². The molecule has 0 spiro atoms. The highest BCUT2D eigenvalue weighted by Crippen LogP contribution is 2.29. The number of rotatable bonds is 7. The Bertz CT molecular complexity index is 385. The molecule has 1 saturated heterocycles. The lowest BCUT2D eigenvalue weighted by molar-refractivity contribution is -0.152. The first-order chi connectivity index (χ1) is 9.42. The van der Waals surface area contributed by atoms with E-state index in [1.807, 2.05) is 4.90 Å². The van der Waals surface area contributed by atoms with Gasteiger partial charge in [-0.15, -0.1) is 13.2 Å². The van der Waals surface area contributed by atoms with Crippen molar-refractivity contribution in [2.24, 2.45) is 5.41 Å². The number of nitrogens with zero attached hydrogens (tertiary/aromatic N) is 2. The summed E-state index contributed by atoms with van der Waals surface area (Å²) in [7, 11) is 0. The molecule has 1 amide bonds. The molecule has 1 unspecified atom stereocenters. The van der Waals surface area contributed by atoms with Gasteiger partial charge in [-0.2, -0.15) is 0 Å². The molecule has 0 aromatic heterocycles. The zero-order valence-electron chi connectivity index (χ0n) is 12.2. The van der Waals surface area contributed by atoms with Gasteiger partial charge < -0.3 is 10.0 Å². The number of aliphatic carboxylic acids is 1. The standard InChI is InChI=1S/C15H24N2O3/c1-4-8-17(9-5-2)13(18)11-16-10-6-7-15(3,12-16)14(19)20/h4-5H,1-2,6-12H2,3H3,(H,19,20). The number of amides is 1. The number of carbonyl (C=O) groups is 2. The average molecular weight is 280 g/mol. The van der Waals surface area contributed by atoms with Gasteiger partial charge >= 0.3 is 5.97 Å². The molecular weight excluding hydrogens is 256 g/mol. The minimum Gasteiger partial charge on any atom is -0.481 e. The smallest absolute Gasteiger partial charge is 0.310 e. The quantitative estimate of drug-likeness (QED) is 0.716. The van der Waals surface area contributed by atoms with Crippen molar-refractivity contribution >= 4 is 11.9 Å². The van der Waals surface area contributed by atoms with Gasteiger partial charge in [-0.1, -0.05) is 12.2 Å². The van der Waals surface area contributed by atoms with Gasteiger partial charge in [-0.05, 0) is 26.3 Å². The molecule has 0 aromatic rings. The first kappa shape index (κ1) is 16.4. The molecule has 1 heterocycles. The zero-order chi connectivity index (χ0) is 15.2. The Morgan fingerprint density at radius 1 is 1.35 bits per heavy atom. The molecule has 0 radical (unpaired) electrons. The maximum Gasteiger partial charge on any atom is 0.310 e. The maximum atomic E-state index is 12.2. The molecule has 0 bridgehead atoms. The van der Waals surface area contributed by atoms with Crippen molar-refractivity contribution in [1.29, 1.82) is 0 Å². The van der Waals surface area contributed by atoms with Crippen molar-refractivity contribution in [1.82, 2.24) is 9.80 Å². The van der Waals surface area contributed by atoms with Gasteiger partial charge in [-0.25, -0.2) is 0 Å². The summed E-state index contributed by atoms with van der Waals surface area (Å²) in [6.45, 7) is 11.4. The highest BCUT2D eigenvalue weighted by molar-refractivity contribution is 5.79. The number of likely N-dealkylation sites (tertiary alicyclic amines) is 1. The lowest BCUT2D eigenvalue weighted by Crippen LogP contribution is -2.49. The van der Waals surface area contributed by atoms with E-state index in [1.54, 1.807) is 24.0 Å². The van der Waals surface area contributed by atoms with E-state index in [0.29, 0.717) is 26.1 Å². The van der Waals surface area contributed by atoms with Crippen molar-refractivity contribution in [3.05, 3.63) is 25.3 Å². The van der Waals surface area contributed by atoms with E-state index in [4.69, 9.17) is 0 Å². The van der Waals surface area contributed by atoms with Gasteiger partial charge in [-0.3, -0.25) is 14.5 Å². The minimum absolute atomic E-state index is 0.0144. The van der Waals surface area contributed by atoms with Crippen LogP contribution in [0.15, 0.2) is 25.3 Å². The van der Waals surface area contributed by atoms with Crippen LogP contribution in [0.1, 0.15) is 19.8 Å². The van der Waals surface area contributed by atoms with Crippen LogP contribution in [0.3, 0.4) is 0 Å². The van der Waals surface area contributed by atoms with Gasteiger partial charge in [0.05, 0.1) is 12.0 Å². The summed E-state index contributed by atoms with van der Waals surface area (Å²) in [6, 6.07) is 0. The Hall–Kier alpha value is -1.62. The predicted octanol–water partition coefficient (Wildman–Crippen LogP) is 1.37. The molecule has 20 heavy (non-hydrogen) atoms. The van der Waals surface area contributed by atoms with E-state index >= 15 is 0 Å². The first-order valence-electron chi connectivity index (χ1n) is 6.88. The Morgan fingerprint density at radius 2 is 1.95 bits per heavy atom. The third-order valence-corrected chi connectivity index (χ3v) is 3.70. The van der Waals surface area contributed by atoms with Gasteiger partial charge in [0.1, 0.15) is 0 Å². The number of hydrogen-bond acceptors (Lipinski definition) is 3. The molecule has 5 nitrogen and oxygen atoms in total. The summed E-state index contributed by atoms with van der Waals surface area (Å²) in [6.07, 6.45) is 4.83. The van der Waals surface area contributed by atoms with E-state index in [1.165, 1.54) is 0 Å². The summed E-state index contributed by atoms with van der Waals surface area (Å²) in [5, 5.41) is 9.28. The summed E-state index contributed by atoms with van der Waals surface area (Å²) >= 11 is 0. The van der Waals surface area contributed by atoms with Gasteiger partial charge in [0, 0.05) is 19.6 Å². The highest BCUT2D eigenvalue weighted by Gasteiger charge is 2.38. The van der Waals surface area contributed by atoms with Gasteiger partial charge in [0.15, 0.2) is 0 Å². The molecule has 1 atom stereocenters. The van der Waals surface area contributed by atoms with E-state index in [2.05, 4.69) is 13.2 Å². The second kappa shape index (κ2) is 7.24. The summed E-state index contributed by atoms with van der Waals surface area (Å²) in [5.41, 5.74) is -0.750. The average Bonchev–Trinajstić information content (AvgIpc) is 2.38. The van der Waals surface area contributed by atoms with E-state index < -0.39 is 11.4 Å². The molecule has 112 valence electrons. The Morgan fingerprint density at radius 3 is 2.45 bits per heavy atom. The van der Waals surface area contributed by atoms with Crippen LogP contribution in [0.2, 0.25) is 0 Å². The van der Waals surface area contributed by atoms with Crippen molar-refractivity contribution in [3.63, 3.8) is 0 Å². The molecule has 1 aliphatic heterocycles. The summed E-state index contributed by atoms with van der Waals surface area (Å²) in [5.74, 6) is -0.803. The second-order valence-electron chi connectivity index (χ2n) is 5.56. The number of hydrogen-bond donors (Lipinski definition) is 1. The van der Waals surface area contributed by atoms with Gasteiger partial charge in [0.25, 0.3) is 0 Å². The summed E-state index contributed by atoms with van der Waals surface area (Å²) < 4.78 is 0. The van der Waals surface area contributed by atoms with E-state index in [0.717, 1.165) is 13.0 Å². The van der Waals surface area contributed by atoms with Crippen LogP contribution in [0, 0.1) is 5.41 Å². The molecule has 1 rings (SSSR count). The first-order valence-corrected chi connectivity index (χ1v) is 6.88. The fourth-order valence-electron chi connectivity index (χ4n) is 2.54. The largest absolute Gasteiger partial charge is 0.481 e. The predicted molar refractivity (Wildman–Crippen MR) is 78.4 cm³/mol. The van der Waals surface area contributed by atoms with Crippen LogP contribution < -0.4 is 0 Å². The molecule has 5 heteroatoms. The van der Waals surface area contributed by atoms with Crippen LogP contribution >= 0.6 is 0 Å². The number of carbonyl (C=O) groups excluding carboxylic acids is 1. The van der Waals surface area contributed by atoms with Crippen LogP contribution in [0.25, 0.3) is 0 Å². The van der Waals surface area contributed by atoms with Crippen molar-refractivity contribution < 1.29 is 14.7 Å². The molecule has 0 aromatic carbocycles. The van der Waals surface area contributed by atoms with Crippen molar-refractivity contribution in [3.8, 4) is 0 Å². The van der Waals surface area contributed by atoms with E-state index in [-0.39, 0.29) is 12.5 Å². The SMILES string of the molecule is C=CCN(CC=C)C(=O)CN1CCCC(C)(C(=O)O)C1. The Kier molecular flexibility index (Phi) is 5.95. The highest BCUT2D eigenvalue weighted by atomic mass is 16.4. The lowest BCUT2D eigenvalue weighted by atomic mass is 9.82. The molecule has 0 aliphatic carbocycles. The minimum atomic E-state index is -0.788. The third-order valence-electron chi connectivity index (χ3n) is 3.70. The molecule has 1 N–H and O–H groups in total. The lowest BCUT2D eigenvalue weighted by Gasteiger charge is -2.37. The van der Waals surface area contributed by atoms with Gasteiger partial charge in [0.2, 0.25) is 5.91 Å². The van der Waals surface area contributed by atoms with E-state index in [9.17, 15) is 14.7 Å². The molecule has 1 fully saturated rings. The second-order valence-corrected chi connectivity index (χ2v) is 5.56. The third kappa shape index (κ3) is 4.20. The fraction of sp³-hybridized carbons (Fsp3) is 0.600. The molecular formula is C15H24N2O3. The summed E-state index contributed by atoms with van der Waals surface area (Å²) in [4.78, 5) is 27.1. The zero-order valence-corrected chi connectivity index (χ0v) is 12.2. The molecule has 1 aliphatic rings. The number of piperidine rings is 1. The normalized spacial score (nSPS) is 23.1. The maximum absolute atomic E-state index is 12.2. The number of carboxylic acid groups (broad SMARTS) is 1. The van der Waals surface area contributed by atoms with Crippen LogP contribution in [-0.4, -0.2) is 59.5 Å². The van der Waals surface area contributed by atoms with Crippen LogP contribution in [0.4, 0.5) is 0 Å². The topological polar surface area (TPSA) is 60.9 Å². The monoisotopic (exact) mass is 280 g/mol. The number of carboxylic acids is 1. The van der Waals surface area contributed by atoms with Crippen molar-refractivity contribution in [2.45, 2.75) is 19.8 Å². The Labute approximate surface area is 120 Å². The fourth-order valence-corrected chi connectivity index (χ4v) is 2.54. The van der Waals surface area contributed by atoms with Crippen LogP contribution in [0.5, 0.6) is 0 Å². The Balaban J connectivity index is 2.62.